The van der Waals surface area contributed by atoms with Gasteiger partial charge in [-0.2, -0.15) is 13.2 Å². The number of thiol groups is 1. The summed E-state index contributed by atoms with van der Waals surface area (Å²) in [6, 6.07) is 1.40. The number of alkyl halides is 3. The Hall–Kier alpha value is -0.230. The molecule has 6 heteroatoms. The fourth-order valence-electron chi connectivity index (χ4n) is 0.638. The van der Waals surface area contributed by atoms with Crippen LogP contribution in [0.2, 0.25) is 0 Å². The maximum Gasteiger partial charge on any atom is 0.434 e. The third kappa shape index (κ3) is 1.92. The molecule has 0 saturated heterocycles. The number of rotatable bonds is 0. The smallest absolute Gasteiger partial charge is 0.251 e. The molecule has 0 radical (unpaired) electrons. The molecule has 1 nitrogen and oxygen atoms in total. The Morgan fingerprint density at radius 3 is 2.42 bits per heavy atom. The molecule has 0 unspecified atom stereocenters. The first-order chi connectivity index (χ1) is 5.43. The van der Waals surface area contributed by atoms with E-state index in [0.717, 1.165) is 6.20 Å². The minimum atomic E-state index is -4.44. The molecule has 0 aliphatic rings. The average molecular weight is 258 g/mol. The summed E-state index contributed by atoms with van der Waals surface area (Å²) >= 11 is 6.60. The van der Waals surface area contributed by atoms with Crippen LogP contribution in [-0.4, -0.2) is 4.98 Å². The van der Waals surface area contributed by atoms with E-state index in [1.807, 2.05) is 0 Å². The lowest BCUT2D eigenvalue weighted by atomic mass is 10.3. The van der Waals surface area contributed by atoms with Crippen molar-refractivity contribution >= 4 is 28.6 Å². The zero-order chi connectivity index (χ0) is 9.35. The first kappa shape index (κ1) is 9.85. The molecule has 1 aromatic heterocycles. The highest BCUT2D eigenvalue weighted by Crippen LogP contribution is 2.34. The van der Waals surface area contributed by atoms with Crippen molar-refractivity contribution in [2.45, 2.75) is 11.1 Å². The molecule has 0 aliphatic heterocycles. The highest BCUT2D eigenvalue weighted by atomic mass is 79.9. The number of nitrogens with zero attached hydrogens (tertiary/aromatic N) is 1. The van der Waals surface area contributed by atoms with Gasteiger partial charge in [-0.3, -0.25) is 4.98 Å². The molecular formula is C6H3BrF3NS. The summed E-state index contributed by atoms with van der Waals surface area (Å²) in [5.74, 6) is 0. The van der Waals surface area contributed by atoms with Gasteiger partial charge in [0.05, 0.1) is 0 Å². The van der Waals surface area contributed by atoms with E-state index in [2.05, 4.69) is 33.5 Å². The van der Waals surface area contributed by atoms with Gasteiger partial charge in [-0.1, -0.05) is 0 Å². The fourth-order valence-corrected chi connectivity index (χ4v) is 1.20. The molecule has 0 N–H and O–H groups in total. The fraction of sp³-hybridized carbons (Fsp3) is 0.167. The molecule has 12 heavy (non-hydrogen) atoms. The van der Waals surface area contributed by atoms with Crippen molar-refractivity contribution < 1.29 is 13.2 Å². The van der Waals surface area contributed by atoms with Crippen LogP contribution in [-0.2, 0) is 6.18 Å². The van der Waals surface area contributed by atoms with Crippen LogP contribution >= 0.6 is 28.6 Å². The normalized spacial score (nSPS) is 11.8. The molecule has 1 rings (SSSR count). The molecule has 0 aromatic carbocycles. The van der Waals surface area contributed by atoms with Gasteiger partial charge in [0.15, 0.2) is 5.69 Å². The minimum absolute atomic E-state index is 0.190. The van der Waals surface area contributed by atoms with Gasteiger partial charge in [0.25, 0.3) is 0 Å². The van der Waals surface area contributed by atoms with Gasteiger partial charge < -0.3 is 0 Å². The minimum Gasteiger partial charge on any atom is -0.251 e. The highest BCUT2D eigenvalue weighted by Gasteiger charge is 2.35. The lowest BCUT2D eigenvalue weighted by molar-refractivity contribution is -0.143. The Morgan fingerprint density at radius 2 is 2.00 bits per heavy atom. The van der Waals surface area contributed by atoms with E-state index in [4.69, 9.17) is 0 Å². The van der Waals surface area contributed by atoms with Crippen molar-refractivity contribution in [2.75, 3.05) is 0 Å². The average Bonchev–Trinajstić information content (AvgIpc) is 1.92. The quantitative estimate of drug-likeness (QED) is 0.705. The van der Waals surface area contributed by atoms with Crippen molar-refractivity contribution in [3.63, 3.8) is 0 Å². The molecule has 0 bridgehead atoms. The molecule has 0 amide bonds. The molecule has 0 spiro atoms. The first-order valence-electron chi connectivity index (χ1n) is 2.83. The maximum absolute atomic E-state index is 12.1. The van der Waals surface area contributed by atoms with Crippen LogP contribution in [0.5, 0.6) is 0 Å². The molecule has 0 saturated carbocycles. The monoisotopic (exact) mass is 257 g/mol. The zero-order valence-electron chi connectivity index (χ0n) is 5.56. The van der Waals surface area contributed by atoms with Crippen molar-refractivity contribution in [3.8, 4) is 0 Å². The second-order valence-electron chi connectivity index (χ2n) is 1.99. The van der Waals surface area contributed by atoms with Crippen LogP contribution in [0.3, 0.4) is 0 Å². The Labute approximate surface area is 80.5 Å². The van der Waals surface area contributed by atoms with Gasteiger partial charge in [-0.05, 0) is 22.0 Å². The van der Waals surface area contributed by atoms with Gasteiger partial charge in [-0.15, -0.1) is 12.6 Å². The Kier molecular flexibility index (Phi) is 2.67. The van der Waals surface area contributed by atoms with Gasteiger partial charge >= 0.3 is 6.18 Å². The number of hydrogen-bond acceptors (Lipinski definition) is 2. The molecule has 0 atom stereocenters. The van der Waals surface area contributed by atoms with Crippen molar-refractivity contribution in [3.05, 3.63) is 22.4 Å². The van der Waals surface area contributed by atoms with Crippen LogP contribution in [0, 0.1) is 0 Å². The van der Waals surface area contributed by atoms with Gasteiger partial charge in [-0.25, -0.2) is 0 Å². The van der Waals surface area contributed by atoms with Crippen molar-refractivity contribution in [1.82, 2.24) is 4.98 Å². The van der Waals surface area contributed by atoms with Gasteiger partial charge in [0.1, 0.15) is 0 Å². The molecular weight excluding hydrogens is 255 g/mol. The van der Waals surface area contributed by atoms with E-state index in [1.165, 1.54) is 6.07 Å². The van der Waals surface area contributed by atoms with Crippen molar-refractivity contribution in [2.24, 2.45) is 0 Å². The van der Waals surface area contributed by atoms with E-state index in [0.29, 0.717) is 0 Å². The molecule has 1 aromatic rings. The summed E-state index contributed by atoms with van der Waals surface area (Å²) in [6.07, 6.45) is -3.37. The third-order valence-electron chi connectivity index (χ3n) is 1.14. The predicted octanol–water partition coefficient (Wildman–Crippen LogP) is 3.15. The summed E-state index contributed by atoms with van der Waals surface area (Å²) in [5, 5.41) is 0. The summed E-state index contributed by atoms with van der Waals surface area (Å²) < 4.78 is 36.6. The van der Waals surface area contributed by atoms with E-state index in [1.54, 1.807) is 0 Å². The van der Waals surface area contributed by atoms with Gasteiger partial charge in [0, 0.05) is 15.6 Å². The number of hydrogen-bond donors (Lipinski definition) is 1. The van der Waals surface area contributed by atoms with Crippen LogP contribution < -0.4 is 0 Å². The number of pyridine rings is 1. The van der Waals surface area contributed by atoms with E-state index in [9.17, 15) is 13.2 Å². The SMILES string of the molecule is FC(F)(F)c1nccc(Br)c1S. The molecule has 0 aliphatic carbocycles. The predicted molar refractivity (Wildman–Crippen MR) is 44.2 cm³/mol. The highest BCUT2D eigenvalue weighted by molar-refractivity contribution is 9.10. The van der Waals surface area contributed by atoms with E-state index >= 15 is 0 Å². The summed E-state index contributed by atoms with van der Waals surface area (Å²) in [7, 11) is 0. The molecule has 66 valence electrons. The lowest BCUT2D eigenvalue weighted by Gasteiger charge is -2.08. The number of aromatic nitrogens is 1. The summed E-state index contributed by atoms with van der Waals surface area (Å²) in [6.45, 7) is 0. The number of halogens is 4. The standard InChI is InChI=1S/C6H3BrF3NS/c7-3-1-2-11-5(4(3)12)6(8,9)10/h1-2,12H. The third-order valence-corrected chi connectivity index (χ3v) is 2.56. The second kappa shape index (κ2) is 3.26. The summed E-state index contributed by atoms with van der Waals surface area (Å²) in [4.78, 5) is 2.99. The topological polar surface area (TPSA) is 12.9 Å². The van der Waals surface area contributed by atoms with Crippen LogP contribution in [0.4, 0.5) is 13.2 Å². The molecule has 1 heterocycles. The Bertz CT molecular complexity index is 299. The van der Waals surface area contributed by atoms with Crippen LogP contribution in [0.1, 0.15) is 5.69 Å². The second-order valence-corrected chi connectivity index (χ2v) is 3.29. The maximum atomic E-state index is 12.1. The lowest BCUT2D eigenvalue weighted by Crippen LogP contribution is -2.08. The van der Waals surface area contributed by atoms with Crippen LogP contribution in [0.15, 0.2) is 21.6 Å². The van der Waals surface area contributed by atoms with E-state index in [-0.39, 0.29) is 9.37 Å². The van der Waals surface area contributed by atoms with Crippen LogP contribution in [0.25, 0.3) is 0 Å². The van der Waals surface area contributed by atoms with E-state index < -0.39 is 11.9 Å². The molecule has 0 fully saturated rings. The summed E-state index contributed by atoms with van der Waals surface area (Å²) in [5.41, 5.74) is -0.972. The van der Waals surface area contributed by atoms with Gasteiger partial charge in [0.2, 0.25) is 0 Å². The Balaban J connectivity index is 3.26. The Morgan fingerprint density at radius 1 is 1.42 bits per heavy atom. The first-order valence-corrected chi connectivity index (χ1v) is 4.07. The van der Waals surface area contributed by atoms with Crippen molar-refractivity contribution in [1.29, 1.82) is 0 Å². The largest absolute Gasteiger partial charge is 0.434 e. The zero-order valence-corrected chi connectivity index (χ0v) is 8.04.